The number of rotatable bonds is 5. The Balaban J connectivity index is 1.64. The van der Waals surface area contributed by atoms with Crippen LogP contribution >= 0.6 is 0 Å². The van der Waals surface area contributed by atoms with Crippen LogP contribution in [0.1, 0.15) is 21.5 Å². The number of fused-ring (bicyclic) bond motifs is 1. The maximum atomic E-state index is 13.9. The number of amides is 3. The quantitative estimate of drug-likeness (QED) is 0.215. The van der Waals surface area contributed by atoms with Gasteiger partial charge in [-0.15, -0.1) is 0 Å². The highest BCUT2D eigenvalue weighted by Crippen LogP contribution is 2.39. The average Bonchev–Trinajstić information content (AvgIpc) is 2.96. The second-order valence-corrected chi connectivity index (χ2v) is 8.91. The highest BCUT2D eigenvalue weighted by atomic mass is 19.4. The molecule has 10 heteroatoms. The Labute approximate surface area is 231 Å². The van der Waals surface area contributed by atoms with Gasteiger partial charge in [0.25, 0.3) is 0 Å². The number of carbonyl (C=O) groups excluding carboxylic acids is 2. The summed E-state index contributed by atoms with van der Waals surface area (Å²) in [5.74, 6) is -0.456. The van der Waals surface area contributed by atoms with Gasteiger partial charge in [-0.1, -0.05) is 72.8 Å². The SMILES string of the molecule is O=C(c1ccccc1)c1cnc2c(C(F)(F)F)cccc2c1-c1cccc(NC(=O)N(C(=O)O)c2ccccc2)c1. The summed E-state index contributed by atoms with van der Waals surface area (Å²) < 4.78 is 41.6. The Bertz CT molecular complexity index is 1780. The average molecular weight is 556 g/mol. The van der Waals surface area contributed by atoms with E-state index in [4.69, 9.17) is 0 Å². The molecule has 1 heterocycles. The van der Waals surface area contributed by atoms with Crippen molar-refractivity contribution >= 4 is 40.2 Å². The fourth-order valence-corrected chi connectivity index (χ4v) is 4.50. The van der Waals surface area contributed by atoms with Crippen LogP contribution in [0.15, 0.2) is 109 Å². The summed E-state index contributed by atoms with van der Waals surface area (Å²) in [5.41, 5.74) is -0.155. The third-order valence-corrected chi connectivity index (χ3v) is 6.29. The summed E-state index contributed by atoms with van der Waals surface area (Å²) >= 11 is 0. The van der Waals surface area contributed by atoms with Gasteiger partial charge < -0.3 is 10.4 Å². The molecule has 0 unspecified atom stereocenters. The number of imide groups is 1. The standard InChI is InChI=1S/C31H20F3N3O4/c32-31(33,34)25-16-8-15-23-26(24(18-35-27(23)25)28(38)19-9-3-1-4-10-19)20-11-7-12-21(17-20)36-29(39)37(30(40)41)22-13-5-2-6-14-22/h1-18H,(H,36,39)(H,40,41). The molecule has 5 aromatic rings. The Morgan fingerprint density at radius 3 is 2.12 bits per heavy atom. The maximum absolute atomic E-state index is 13.9. The van der Waals surface area contributed by atoms with Crippen LogP contribution in [0.5, 0.6) is 0 Å². The minimum Gasteiger partial charge on any atom is -0.464 e. The van der Waals surface area contributed by atoms with Crippen molar-refractivity contribution in [3.63, 3.8) is 0 Å². The van der Waals surface area contributed by atoms with Crippen molar-refractivity contribution in [1.82, 2.24) is 4.98 Å². The topological polar surface area (TPSA) is 99.6 Å². The molecule has 0 spiro atoms. The second-order valence-electron chi connectivity index (χ2n) is 8.91. The molecular formula is C31H20F3N3O4. The van der Waals surface area contributed by atoms with Crippen molar-refractivity contribution in [3.8, 4) is 11.1 Å². The van der Waals surface area contributed by atoms with Gasteiger partial charge in [-0.3, -0.25) is 9.78 Å². The number of carboxylic acid groups (broad SMARTS) is 1. The van der Waals surface area contributed by atoms with Crippen LogP contribution in [0.25, 0.3) is 22.0 Å². The van der Waals surface area contributed by atoms with Crippen LogP contribution < -0.4 is 10.2 Å². The van der Waals surface area contributed by atoms with Gasteiger partial charge in [-0.2, -0.15) is 18.1 Å². The lowest BCUT2D eigenvalue weighted by molar-refractivity contribution is -0.136. The molecule has 0 atom stereocenters. The zero-order valence-corrected chi connectivity index (χ0v) is 21.1. The predicted molar refractivity (Wildman–Crippen MR) is 148 cm³/mol. The summed E-state index contributed by atoms with van der Waals surface area (Å²) in [6.45, 7) is 0. The molecule has 0 saturated heterocycles. The van der Waals surface area contributed by atoms with Crippen molar-refractivity contribution in [2.75, 3.05) is 10.2 Å². The van der Waals surface area contributed by atoms with Gasteiger partial charge in [0.2, 0.25) is 0 Å². The largest absolute Gasteiger partial charge is 0.464 e. The van der Waals surface area contributed by atoms with Crippen molar-refractivity contribution in [1.29, 1.82) is 0 Å². The van der Waals surface area contributed by atoms with E-state index in [2.05, 4.69) is 10.3 Å². The van der Waals surface area contributed by atoms with Crippen LogP contribution in [-0.2, 0) is 6.18 Å². The van der Waals surface area contributed by atoms with Crippen LogP contribution in [-0.4, -0.2) is 28.0 Å². The number of urea groups is 1. The van der Waals surface area contributed by atoms with Crippen molar-refractivity contribution in [2.45, 2.75) is 6.18 Å². The molecule has 41 heavy (non-hydrogen) atoms. The van der Waals surface area contributed by atoms with E-state index in [0.717, 1.165) is 12.3 Å². The lowest BCUT2D eigenvalue weighted by Gasteiger charge is -2.19. The Morgan fingerprint density at radius 1 is 0.805 bits per heavy atom. The van der Waals surface area contributed by atoms with E-state index < -0.39 is 29.6 Å². The number of hydrogen-bond acceptors (Lipinski definition) is 4. The normalized spacial score (nSPS) is 11.2. The minimum atomic E-state index is -4.69. The fourth-order valence-electron chi connectivity index (χ4n) is 4.50. The Hall–Kier alpha value is -5.51. The number of alkyl halides is 3. The van der Waals surface area contributed by atoms with Crippen LogP contribution in [0.4, 0.5) is 34.1 Å². The van der Waals surface area contributed by atoms with Gasteiger partial charge in [0.15, 0.2) is 5.78 Å². The first kappa shape index (κ1) is 27.1. The molecule has 0 saturated carbocycles. The molecule has 0 aliphatic heterocycles. The maximum Gasteiger partial charge on any atom is 0.420 e. The molecule has 3 amide bonds. The van der Waals surface area contributed by atoms with E-state index in [0.29, 0.717) is 16.0 Å². The van der Waals surface area contributed by atoms with Crippen molar-refractivity contribution in [3.05, 3.63) is 126 Å². The van der Waals surface area contributed by atoms with Crippen LogP contribution in [0.2, 0.25) is 0 Å². The van der Waals surface area contributed by atoms with E-state index in [9.17, 15) is 32.7 Å². The van der Waals surface area contributed by atoms with Gasteiger partial charge >= 0.3 is 18.3 Å². The number of benzene rings is 4. The zero-order valence-electron chi connectivity index (χ0n) is 21.1. The van der Waals surface area contributed by atoms with Crippen molar-refractivity contribution in [2.24, 2.45) is 0 Å². The van der Waals surface area contributed by atoms with E-state index >= 15 is 0 Å². The summed E-state index contributed by atoms with van der Waals surface area (Å²) in [4.78, 5) is 43.0. The number of aromatic nitrogens is 1. The molecule has 0 radical (unpaired) electrons. The first-order valence-corrected chi connectivity index (χ1v) is 12.2. The van der Waals surface area contributed by atoms with Crippen LogP contribution in [0, 0.1) is 0 Å². The number of para-hydroxylation sites is 2. The molecule has 0 fully saturated rings. The molecule has 4 aromatic carbocycles. The van der Waals surface area contributed by atoms with E-state index in [1.807, 2.05) is 0 Å². The van der Waals surface area contributed by atoms with E-state index in [-0.39, 0.29) is 33.4 Å². The smallest absolute Gasteiger partial charge is 0.420 e. The Kier molecular flexibility index (Phi) is 7.22. The molecule has 0 bridgehead atoms. The number of nitrogens with zero attached hydrogens (tertiary/aromatic N) is 2. The fraction of sp³-hybridized carbons (Fsp3) is 0.0323. The van der Waals surface area contributed by atoms with Crippen molar-refractivity contribution < 1.29 is 32.7 Å². The molecule has 0 aliphatic rings. The van der Waals surface area contributed by atoms with Gasteiger partial charge in [-0.05, 0) is 35.9 Å². The van der Waals surface area contributed by atoms with Gasteiger partial charge in [0, 0.05) is 34.0 Å². The number of carbonyl (C=O) groups is 3. The van der Waals surface area contributed by atoms with Gasteiger partial charge in [-0.25, -0.2) is 9.59 Å². The van der Waals surface area contributed by atoms with Gasteiger partial charge in [0.1, 0.15) is 0 Å². The summed E-state index contributed by atoms with van der Waals surface area (Å²) in [7, 11) is 0. The first-order valence-electron chi connectivity index (χ1n) is 12.2. The first-order chi connectivity index (χ1) is 19.6. The molecule has 1 aromatic heterocycles. The highest BCUT2D eigenvalue weighted by molar-refractivity contribution is 6.18. The number of ketones is 1. The summed E-state index contributed by atoms with van der Waals surface area (Å²) in [5, 5.41) is 12.3. The molecule has 0 aliphatic carbocycles. The number of pyridine rings is 1. The second kappa shape index (κ2) is 10.9. The van der Waals surface area contributed by atoms with Crippen LogP contribution in [0.3, 0.4) is 0 Å². The van der Waals surface area contributed by atoms with E-state index in [1.165, 1.54) is 42.5 Å². The predicted octanol–water partition coefficient (Wildman–Crippen LogP) is 7.87. The number of nitrogens with one attached hydrogen (secondary N) is 1. The number of halogens is 3. The third kappa shape index (κ3) is 5.48. The summed E-state index contributed by atoms with van der Waals surface area (Å²) in [6, 6.07) is 24.7. The lowest BCUT2D eigenvalue weighted by Crippen LogP contribution is -2.39. The molecular weight excluding hydrogens is 535 g/mol. The minimum absolute atomic E-state index is 0.0583. The third-order valence-electron chi connectivity index (χ3n) is 6.29. The Morgan fingerprint density at radius 2 is 1.46 bits per heavy atom. The lowest BCUT2D eigenvalue weighted by atomic mass is 9.91. The van der Waals surface area contributed by atoms with Gasteiger partial charge in [0.05, 0.1) is 16.8 Å². The highest BCUT2D eigenvalue weighted by Gasteiger charge is 2.34. The molecule has 2 N–H and O–H groups in total. The molecule has 204 valence electrons. The molecule has 5 rings (SSSR count). The zero-order chi connectivity index (χ0) is 29.1. The number of hydrogen-bond donors (Lipinski definition) is 2. The molecule has 7 nitrogen and oxygen atoms in total. The monoisotopic (exact) mass is 555 g/mol. The van der Waals surface area contributed by atoms with E-state index in [1.54, 1.807) is 54.6 Å². The summed E-state index contributed by atoms with van der Waals surface area (Å²) in [6.07, 6.45) is -5.09. The number of anilines is 2.